The number of carbonyl (C=O) groups excluding carboxylic acids is 2. The van der Waals surface area contributed by atoms with Crippen LogP contribution in [0.4, 0.5) is 11.4 Å². The molecule has 0 aliphatic rings. The first-order valence-corrected chi connectivity index (χ1v) is 6.81. The first-order chi connectivity index (χ1) is 11.9. The lowest BCUT2D eigenvalue weighted by molar-refractivity contribution is -0.394. The topological polar surface area (TPSA) is 142 Å². The molecule has 10 heteroatoms. The van der Waals surface area contributed by atoms with E-state index in [9.17, 15) is 29.8 Å². The number of amides is 1. The molecular weight excluding hydrogens is 334 g/mol. The lowest BCUT2D eigenvalue weighted by atomic mass is 10.1. The van der Waals surface area contributed by atoms with Crippen LogP contribution < -0.4 is 5.32 Å². The molecule has 1 N–H and O–H groups in total. The van der Waals surface area contributed by atoms with Crippen LogP contribution in [0.15, 0.2) is 48.5 Å². The summed E-state index contributed by atoms with van der Waals surface area (Å²) >= 11 is 0. The Balaban J connectivity index is 2.34. The zero-order valence-corrected chi connectivity index (χ0v) is 12.5. The van der Waals surface area contributed by atoms with E-state index in [1.54, 1.807) is 30.3 Å². The lowest BCUT2D eigenvalue weighted by Gasteiger charge is -2.17. The minimum absolute atomic E-state index is 0.133. The molecule has 0 unspecified atom stereocenters. The number of benzene rings is 2. The Morgan fingerprint density at radius 1 is 1.04 bits per heavy atom. The van der Waals surface area contributed by atoms with Crippen LogP contribution in [0.1, 0.15) is 22.1 Å². The Morgan fingerprint density at radius 2 is 1.60 bits per heavy atom. The predicted molar refractivity (Wildman–Crippen MR) is 83.5 cm³/mol. The molecule has 0 saturated carbocycles. The van der Waals surface area contributed by atoms with E-state index in [-0.39, 0.29) is 12.0 Å². The van der Waals surface area contributed by atoms with Crippen LogP contribution in [-0.4, -0.2) is 22.2 Å². The molecule has 2 aromatic rings. The van der Waals surface area contributed by atoms with Gasteiger partial charge in [0.1, 0.15) is 0 Å². The van der Waals surface area contributed by atoms with Crippen molar-refractivity contribution < 1.29 is 24.2 Å². The fourth-order valence-corrected chi connectivity index (χ4v) is 2.02. The van der Waals surface area contributed by atoms with Gasteiger partial charge in [0.25, 0.3) is 23.8 Å². The molecule has 1 atom stereocenters. The van der Waals surface area contributed by atoms with Crippen LogP contribution in [0.2, 0.25) is 0 Å². The van der Waals surface area contributed by atoms with Gasteiger partial charge in [-0.2, -0.15) is 0 Å². The number of hydrogen-bond donors (Lipinski definition) is 1. The fraction of sp³-hybridized carbons (Fsp3) is 0.0667. The summed E-state index contributed by atoms with van der Waals surface area (Å²) in [5, 5.41) is 24.1. The maximum absolute atomic E-state index is 12.3. The summed E-state index contributed by atoms with van der Waals surface area (Å²) < 4.78 is 4.80. The Morgan fingerprint density at radius 3 is 2.08 bits per heavy atom. The molecule has 2 rings (SSSR count). The van der Waals surface area contributed by atoms with Crippen LogP contribution in [0.5, 0.6) is 0 Å². The van der Waals surface area contributed by atoms with Gasteiger partial charge in [-0.3, -0.25) is 29.8 Å². The molecule has 0 aromatic heterocycles. The Bertz CT molecular complexity index is 791. The maximum Gasteiger partial charge on any atom is 0.295 e. The van der Waals surface area contributed by atoms with Gasteiger partial charge in [-0.1, -0.05) is 30.3 Å². The van der Waals surface area contributed by atoms with E-state index in [1.807, 2.05) is 0 Å². The summed E-state index contributed by atoms with van der Waals surface area (Å²) in [6, 6.07) is 10.7. The standard InChI is InChI=1S/C15H11N3O7/c19-9-25-15(10-4-2-1-3-5-10)16-14(20)11-6-12(17(21)22)8-13(7-11)18(23)24/h1-9,15H,(H,16,20)/t15-/m1/s1. The number of nitrogens with one attached hydrogen (secondary N) is 1. The molecule has 2 aromatic carbocycles. The van der Waals surface area contributed by atoms with Gasteiger partial charge >= 0.3 is 0 Å². The summed E-state index contributed by atoms with van der Waals surface area (Å²) in [5.74, 6) is -0.873. The van der Waals surface area contributed by atoms with Crippen LogP contribution in [0, 0.1) is 20.2 Å². The van der Waals surface area contributed by atoms with Gasteiger partial charge in [-0.25, -0.2) is 0 Å². The van der Waals surface area contributed by atoms with E-state index in [0.717, 1.165) is 18.2 Å². The number of rotatable bonds is 7. The lowest BCUT2D eigenvalue weighted by Crippen LogP contribution is -2.30. The van der Waals surface area contributed by atoms with Crippen LogP contribution in [-0.2, 0) is 9.53 Å². The van der Waals surface area contributed by atoms with Gasteiger partial charge in [0.15, 0.2) is 0 Å². The van der Waals surface area contributed by atoms with Crippen molar-refractivity contribution >= 4 is 23.8 Å². The number of nitro groups is 2. The van der Waals surface area contributed by atoms with Crippen molar-refractivity contribution in [3.63, 3.8) is 0 Å². The highest BCUT2D eigenvalue weighted by Gasteiger charge is 2.22. The highest BCUT2D eigenvalue weighted by atomic mass is 16.6. The van der Waals surface area contributed by atoms with Gasteiger partial charge in [0.05, 0.1) is 21.5 Å². The van der Waals surface area contributed by atoms with Gasteiger partial charge in [0, 0.05) is 17.7 Å². The molecule has 0 fully saturated rings. The number of ether oxygens (including phenoxy) is 1. The summed E-state index contributed by atoms with van der Waals surface area (Å²) in [6.07, 6.45) is -1.15. The van der Waals surface area contributed by atoms with Crippen molar-refractivity contribution in [1.82, 2.24) is 5.32 Å². The summed E-state index contributed by atoms with van der Waals surface area (Å²) in [4.78, 5) is 43.0. The van der Waals surface area contributed by atoms with E-state index in [1.165, 1.54) is 0 Å². The summed E-state index contributed by atoms with van der Waals surface area (Å²) in [7, 11) is 0. The van der Waals surface area contributed by atoms with Crippen molar-refractivity contribution in [2.24, 2.45) is 0 Å². The zero-order chi connectivity index (χ0) is 18.4. The number of nitrogens with zero attached hydrogens (tertiary/aromatic N) is 2. The first-order valence-electron chi connectivity index (χ1n) is 6.81. The third-order valence-electron chi connectivity index (χ3n) is 3.14. The molecule has 0 aliphatic heterocycles. The van der Waals surface area contributed by atoms with Gasteiger partial charge < -0.3 is 10.1 Å². The SMILES string of the molecule is O=CO[C@@H](NC(=O)c1cc([N+](=O)[O-])cc([N+](=O)[O-])c1)c1ccccc1. The van der Waals surface area contributed by atoms with Crippen molar-refractivity contribution in [3.05, 3.63) is 79.9 Å². The normalized spacial score (nSPS) is 11.2. The number of hydrogen-bond acceptors (Lipinski definition) is 7. The molecule has 25 heavy (non-hydrogen) atoms. The smallest absolute Gasteiger partial charge is 0.295 e. The van der Waals surface area contributed by atoms with E-state index in [2.05, 4.69) is 5.32 Å². The maximum atomic E-state index is 12.3. The van der Waals surface area contributed by atoms with E-state index < -0.39 is 33.4 Å². The highest BCUT2D eigenvalue weighted by molar-refractivity contribution is 5.95. The second-order valence-corrected chi connectivity index (χ2v) is 4.75. The van der Waals surface area contributed by atoms with E-state index in [0.29, 0.717) is 5.56 Å². The number of non-ortho nitro benzene ring substituents is 2. The molecule has 0 aliphatic carbocycles. The predicted octanol–water partition coefficient (Wildman–Crippen LogP) is 2.10. The van der Waals surface area contributed by atoms with Crippen LogP contribution in [0.3, 0.4) is 0 Å². The second-order valence-electron chi connectivity index (χ2n) is 4.75. The van der Waals surface area contributed by atoms with Crippen LogP contribution >= 0.6 is 0 Å². The van der Waals surface area contributed by atoms with Gasteiger partial charge in [-0.15, -0.1) is 0 Å². The first kappa shape index (κ1) is 17.5. The monoisotopic (exact) mass is 345 g/mol. The molecule has 10 nitrogen and oxygen atoms in total. The summed E-state index contributed by atoms with van der Waals surface area (Å²) in [6.45, 7) is 0.133. The quantitative estimate of drug-likeness (QED) is 0.350. The molecule has 1 amide bonds. The number of nitro benzene ring substituents is 2. The minimum Gasteiger partial charge on any atom is -0.439 e. The van der Waals surface area contributed by atoms with E-state index in [4.69, 9.17) is 4.74 Å². The molecule has 128 valence electrons. The average molecular weight is 345 g/mol. The largest absolute Gasteiger partial charge is 0.439 e. The average Bonchev–Trinajstić information content (AvgIpc) is 2.61. The Labute approximate surface area is 140 Å². The van der Waals surface area contributed by atoms with Crippen molar-refractivity contribution in [2.75, 3.05) is 0 Å². The van der Waals surface area contributed by atoms with Crippen molar-refractivity contribution in [1.29, 1.82) is 0 Å². The Kier molecular flexibility index (Phi) is 5.36. The molecule has 0 heterocycles. The molecule has 0 spiro atoms. The molecular formula is C15H11N3O7. The second kappa shape index (κ2) is 7.64. The minimum atomic E-state index is -1.15. The molecule has 0 radical (unpaired) electrons. The highest BCUT2D eigenvalue weighted by Crippen LogP contribution is 2.23. The third-order valence-corrected chi connectivity index (χ3v) is 3.14. The fourth-order valence-electron chi connectivity index (χ4n) is 2.02. The van der Waals surface area contributed by atoms with Gasteiger partial charge in [-0.05, 0) is 0 Å². The molecule has 0 bridgehead atoms. The van der Waals surface area contributed by atoms with E-state index >= 15 is 0 Å². The third kappa shape index (κ3) is 4.34. The van der Waals surface area contributed by atoms with Crippen LogP contribution in [0.25, 0.3) is 0 Å². The van der Waals surface area contributed by atoms with Crippen molar-refractivity contribution in [2.45, 2.75) is 6.23 Å². The Hall–Kier alpha value is -3.82. The summed E-state index contributed by atoms with van der Waals surface area (Å²) in [5.41, 5.74) is -1.07. The van der Waals surface area contributed by atoms with Gasteiger partial charge in [0.2, 0.25) is 6.23 Å². The van der Waals surface area contributed by atoms with Crippen molar-refractivity contribution in [3.8, 4) is 0 Å². The number of carbonyl (C=O) groups is 2. The zero-order valence-electron chi connectivity index (χ0n) is 12.5. The molecule has 0 saturated heterocycles.